The van der Waals surface area contributed by atoms with Crippen LogP contribution in [0.15, 0.2) is 54.6 Å². The molecule has 0 spiro atoms. The third-order valence-corrected chi connectivity index (χ3v) is 9.24. The van der Waals surface area contributed by atoms with Gasteiger partial charge in [0, 0.05) is 45.7 Å². The van der Waals surface area contributed by atoms with E-state index in [2.05, 4.69) is 34.6 Å². The Morgan fingerprint density at radius 1 is 1.05 bits per heavy atom. The number of amides is 1. The molecule has 1 aliphatic rings. The van der Waals surface area contributed by atoms with Gasteiger partial charge in [-0.3, -0.25) is 9.78 Å². The van der Waals surface area contributed by atoms with Gasteiger partial charge in [0.25, 0.3) is 5.91 Å². The maximum absolute atomic E-state index is 14.2. The second-order valence-corrected chi connectivity index (χ2v) is 11.6. The van der Waals surface area contributed by atoms with E-state index in [1.165, 1.54) is 11.3 Å². The third kappa shape index (κ3) is 5.44. The van der Waals surface area contributed by atoms with Gasteiger partial charge >= 0.3 is 0 Å². The molecule has 1 amide bonds. The molecule has 1 saturated carbocycles. The maximum Gasteiger partial charge on any atom is 0.266 e. The number of thiophene rings is 1. The van der Waals surface area contributed by atoms with Crippen molar-refractivity contribution in [3.05, 3.63) is 81.4 Å². The molecule has 0 radical (unpaired) electrons. The number of hydrogen-bond donors (Lipinski definition) is 1. The number of hydrogen-bond acceptors (Lipinski definition) is 5. The highest BCUT2D eigenvalue weighted by molar-refractivity contribution is 7.21. The van der Waals surface area contributed by atoms with Gasteiger partial charge in [-0.25, -0.2) is 0 Å². The summed E-state index contributed by atoms with van der Waals surface area (Å²) in [6, 6.07) is 19.0. The molecule has 5 nitrogen and oxygen atoms in total. The Morgan fingerprint density at radius 3 is 2.42 bits per heavy atom. The van der Waals surface area contributed by atoms with Crippen LogP contribution < -0.4 is 10.1 Å². The lowest BCUT2D eigenvalue weighted by Gasteiger charge is -2.37. The van der Waals surface area contributed by atoms with E-state index < -0.39 is 0 Å². The first-order chi connectivity index (χ1) is 18.4. The van der Waals surface area contributed by atoms with E-state index in [1.54, 1.807) is 7.11 Å². The Morgan fingerprint density at radius 2 is 1.76 bits per heavy atom. The third-order valence-electron chi connectivity index (χ3n) is 7.57. The maximum atomic E-state index is 14.2. The van der Waals surface area contributed by atoms with Crippen LogP contribution >= 0.6 is 22.9 Å². The fourth-order valence-corrected chi connectivity index (χ4v) is 7.06. The quantitative estimate of drug-likeness (QED) is 0.261. The number of carbonyl (C=O) groups excluding carboxylic acids is 1. The van der Waals surface area contributed by atoms with Gasteiger partial charge in [-0.2, -0.15) is 0 Å². The molecule has 198 valence electrons. The number of nitrogens with zero attached hydrogens (tertiary/aromatic N) is 2. The highest BCUT2D eigenvalue weighted by Gasteiger charge is 2.32. The zero-order valence-electron chi connectivity index (χ0n) is 22.4. The summed E-state index contributed by atoms with van der Waals surface area (Å²) in [6.45, 7) is 4.48. The summed E-state index contributed by atoms with van der Waals surface area (Å²) in [5.74, 6) is 0.771. The first kappa shape index (κ1) is 26.7. The summed E-state index contributed by atoms with van der Waals surface area (Å²) in [4.78, 5) is 21.4. The Kier molecular flexibility index (Phi) is 8.03. The van der Waals surface area contributed by atoms with Gasteiger partial charge in [0.1, 0.15) is 10.6 Å². The predicted octanol–water partition coefficient (Wildman–Crippen LogP) is 7.42. The standard InChI is InChI=1S/C31H34ClN3O2S/c1-19-15-22(16-20(2)34-19)21-9-14-27(37-4)23(17-21)18-35(25-12-10-24(33-3)11-13-25)31(36)30-29(32)26-7-5-6-8-28(26)38-30/h5-9,14-17,24-25,33H,10-13,18H2,1-4H3. The number of rotatable bonds is 7. The van der Waals surface area contributed by atoms with E-state index in [1.807, 2.05) is 56.1 Å². The van der Waals surface area contributed by atoms with Gasteiger partial charge in [0.05, 0.1) is 12.1 Å². The number of methoxy groups -OCH3 is 1. The summed E-state index contributed by atoms with van der Waals surface area (Å²) in [7, 11) is 3.70. The number of benzene rings is 2. The van der Waals surface area contributed by atoms with Gasteiger partial charge in [-0.1, -0.05) is 35.9 Å². The van der Waals surface area contributed by atoms with Gasteiger partial charge in [-0.15, -0.1) is 11.3 Å². The first-order valence-electron chi connectivity index (χ1n) is 13.2. The molecule has 1 N–H and O–H groups in total. The fourth-order valence-electron chi connectivity index (χ4n) is 5.59. The number of aromatic nitrogens is 1. The van der Waals surface area contributed by atoms with E-state index in [-0.39, 0.29) is 11.9 Å². The summed E-state index contributed by atoms with van der Waals surface area (Å²) in [5, 5.41) is 4.89. The van der Waals surface area contributed by atoms with Crippen LogP contribution in [0.25, 0.3) is 21.2 Å². The number of nitrogens with one attached hydrogen (secondary N) is 1. The number of fused-ring (bicyclic) bond motifs is 1. The highest BCUT2D eigenvalue weighted by Crippen LogP contribution is 2.38. The number of pyridine rings is 1. The lowest BCUT2D eigenvalue weighted by atomic mass is 9.89. The SMILES string of the molecule is CNC1CCC(N(Cc2cc(-c3cc(C)nc(C)c3)ccc2OC)C(=O)c2sc3ccccc3c2Cl)CC1. The Hall–Kier alpha value is -2.93. The molecule has 0 atom stereocenters. The first-order valence-corrected chi connectivity index (χ1v) is 14.3. The van der Waals surface area contributed by atoms with E-state index in [0.717, 1.165) is 69.6 Å². The Bertz CT molecular complexity index is 1440. The molecule has 2 aromatic carbocycles. The van der Waals surface area contributed by atoms with Gasteiger partial charge in [-0.05, 0) is 88.0 Å². The van der Waals surface area contributed by atoms with Crippen molar-refractivity contribution in [1.29, 1.82) is 0 Å². The normalized spacial score (nSPS) is 17.5. The van der Waals surface area contributed by atoms with Crippen molar-refractivity contribution in [2.75, 3.05) is 14.2 Å². The van der Waals surface area contributed by atoms with Crippen molar-refractivity contribution in [2.24, 2.45) is 0 Å². The summed E-state index contributed by atoms with van der Waals surface area (Å²) >= 11 is 8.28. The second-order valence-electron chi connectivity index (χ2n) is 10.1. The lowest BCUT2D eigenvalue weighted by Crippen LogP contribution is -2.44. The van der Waals surface area contributed by atoms with Crippen molar-refractivity contribution in [1.82, 2.24) is 15.2 Å². The van der Waals surface area contributed by atoms with Gasteiger partial charge < -0.3 is 15.0 Å². The molecule has 0 saturated heterocycles. The van der Waals surface area contributed by atoms with Crippen LogP contribution in [0.1, 0.15) is 52.3 Å². The van der Waals surface area contributed by atoms with E-state index in [0.29, 0.717) is 22.5 Å². The smallest absolute Gasteiger partial charge is 0.266 e. The van der Waals surface area contributed by atoms with Crippen molar-refractivity contribution in [3.8, 4) is 16.9 Å². The average Bonchev–Trinajstić information content (AvgIpc) is 3.27. The molecular weight excluding hydrogens is 514 g/mol. The summed E-state index contributed by atoms with van der Waals surface area (Å²) in [6.07, 6.45) is 3.98. The van der Waals surface area contributed by atoms with E-state index in [4.69, 9.17) is 16.3 Å². The molecule has 0 unspecified atom stereocenters. The number of ether oxygens (including phenoxy) is 1. The van der Waals surface area contributed by atoms with Crippen LogP contribution in [-0.2, 0) is 6.54 Å². The van der Waals surface area contributed by atoms with Crippen molar-refractivity contribution >= 4 is 38.9 Å². The minimum absolute atomic E-state index is 0.00726. The Labute approximate surface area is 233 Å². The molecule has 2 aromatic heterocycles. The monoisotopic (exact) mass is 547 g/mol. The highest BCUT2D eigenvalue weighted by atomic mass is 35.5. The number of carbonyl (C=O) groups is 1. The van der Waals surface area contributed by atoms with Crippen LogP contribution in [0.4, 0.5) is 0 Å². The van der Waals surface area contributed by atoms with Gasteiger partial charge in [0.2, 0.25) is 0 Å². The zero-order valence-corrected chi connectivity index (χ0v) is 24.0. The molecule has 2 heterocycles. The van der Waals surface area contributed by atoms with Crippen LogP contribution in [0.2, 0.25) is 5.02 Å². The van der Waals surface area contributed by atoms with Crippen LogP contribution in [0.3, 0.4) is 0 Å². The second kappa shape index (κ2) is 11.4. The molecule has 1 aliphatic carbocycles. The number of halogens is 1. The summed E-state index contributed by atoms with van der Waals surface area (Å²) < 4.78 is 6.81. The van der Waals surface area contributed by atoms with E-state index in [9.17, 15) is 4.79 Å². The predicted molar refractivity (Wildman–Crippen MR) is 158 cm³/mol. The van der Waals surface area contributed by atoms with Gasteiger partial charge in [0.15, 0.2) is 0 Å². The number of aryl methyl sites for hydroxylation is 2. The molecular formula is C31H34ClN3O2S. The van der Waals surface area contributed by atoms with Crippen LogP contribution in [0.5, 0.6) is 5.75 Å². The molecule has 7 heteroatoms. The molecule has 5 rings (SSSR count). The van der Waals surface area contributed by atoms with E-state index >= 15 is 0 Å². The summed E-state index contributed by atoms with van der Waals surface area (Å²) in [5.41, 5.74) is 5.14. The molecule has 0 aliphatic heterocycles. The lowest BCUT2D eigenvalue weighted by molar-refractivity contribution is 0.0604. The zero-order chi connectivity index (χ0) is 26.8. The Balaban J connectivity index is 1.54. The molecule has 38 heavy (non-hydrogen) atoms. The molecule has 1 fully saturated rings. The topological polar surface area (TPSA) is 54.5 Å². The molecule has 0 bridgehead atoms. The molecule has 4 aromatic rings. The minimum Gasteiger partial charge on any atom is -0.496 e. The minimum atomic E-state index is -0.00726. The van der Waals surface area contributed by atoms with Crippen molar-refractivity contribution in [3.63, 3.8) is 0 Å². The van der Waals surface area contributed by atoms with Crippen molar-refractivity contribution < 1.29 is 9.53 Å². The van der Waals surface area contributed by atoms with Crippen LogP contribution in [0, 0.1) is 13.8 Å². The fraction of sp³-hybridized carbons (Fsp3) is 0.355. The largest absolute Gasteiger partial charge is 0.496 e. The average molecular weight is 548 g/mol. The van der Waals surface area contributed by atoms with Crippen molar-refractivity contribution in [2.45, 2.75) is 58.2 Å². The van der Waals surface area contributed by atoms with Crippen LogP contribution in [-0.4, -0.2) is 42.0 Å².